The standard InChI is InChI=1S/C15H16O3/c1-11(17)13-4-8-15(9-5-13)18-14-6-2-12(10-16)3-7-14/h2-9,11,16-17H,10H2,1H3/t11-/m1/s1. The summed E-state index contributed by atoms with van der Waals surface area (Å²) in [6.07, 6.45) is -0.470. The predicted octanol–water partition coefficient (Wildman–Crippen LogP) is 3.02. The van der Waals surface area contributed by atoms with Crippen molar-refractivity contribution in [2.45, 2.75) is 19.6 Å². The van der Waals surface area contributed by atoms with E-state index in [2.05, 4.69) is 0 Å². The van der Waals surface area contributed by atoms with E-state index in [0.29, 0.717) is 0 Å². The Balaban J connectivity index is 2.08. The van der Waals surface area contributed by atoms with Crippen LogP contribution in [0.3, 0.4) is 0 Å². The van der Waals surface area contributed by atoms with Crippen LogP contribution in [0.1, 0.15) is 24.2 Å². The molecule has 18 heavy (non-hydrogen) atoms. The Labute approximate surface area is 106 Å². The summed E-state index contributed by atoms with van der Waals surface area (Å²) in [5, 5.41) is 18.3. The minimum Gasteiger partial charge on any atom is -0.457 e. The monoisotopic (exact) mass is 244 g/mol. The van der Waals surface area contributed by atoms with Gasteiger partial charge in [-0.1, -0.05) is 24.3 Å². The minimum atomic E-state index is -0.470. The van der Waals surface area contributed by atoms with Crippen LogP contribution in [0.15, 0.2) is 48.5 Å². The number of hydrogen-bond acceptors (Lipinski definition) is 3. The molecule has 0 heterocycles. The van der Waals surface area contributed by atoms with Crippen LogP contribution in [0, 0.1) is 0 Å². The molecular formula is C15H16O3. The summed E-state index contributed by atoms with van der Waals surface area (Å²) in [5.74, 6) is 1.44. The Morgan fingerprint density at radius 3 is 1.89 bits per heavy atom. The zero-order chi connectivity index (χ0) is 13.0. The van der Waals surface area contributed by atoms with Crippen molar-refractivity contribution in [1.82, 2.24) is 0 Å². The summed E-state index contributed by atoms with van der Waals surface area (Å²) < 4.78 is 5.65. The van der Waals surface area contributed by atoms with Crippen LogP contribution >= 0.6 is 0 Å². The van der Waals surface area contributed by atoms with Crippen molar-refractivity contribution in [1.29, 1.82) is 0 Å². The topological polar surface area (TPSA) is 49.7 Å². The lowest BCUT2D eigenvalue weighted by Crippen LogP contribution is -1.91. The second kappa shape index (κ2) is 5.67. The van der Waals surface area contributed by atoms with Gasteiger partial charge in [0.1, 0.15) is 11.5 Å². The SMILES string of the molecule is C[C@@H](O)c1ccc(Oc2ccc(CO)cc2)cc1. The molecule has 2 rings (SSSR count). The molecule has 0 bridgehead atoms. The molecule has 2 aromatic carbocycles. The molecular weight excluding hydrogens is 228 g/mol. The number of hydrogen-bond donors (Lipinski definition) is 2. The van der Waals surface area contributed by atoms with Gasteiger partial charge in [-0.3, -0.25) is 0 Å². The molecule has 0 radical (unpaired) electrons. The molecule has 2 N–H and O–H groups in total. The van der Waals surface area contributed by atoms with Gasteiger partial charge in [-0.2, -0.15) is 0 Å². The number of aliphatic hydroxyl groups is 2. The van der Waals surface area contributed by atoms with E-state index in [1.807, 2.05) is 48.5 Å². The molecule has 0 saturated carbocycles. The third-order valence-electron chi connectivity index (χ3n) is 2.70. The van der Waals surface area contributed by atoms with Gasteiger partial charge in [0.2, 0.25) is 0 Å². The minimum absolute atomic E-state index is 0.0311. The van der Waals surface area contributed by atoms with Crippen LogP contribution in [0.25, 0.3) is 0 Å². The molecule has 0 aliphatic carbocycles. The molecule has 0 saturated heterocycles. The molecule has 3 heteroatoms. The maximum atomic E-state index is 9.40. The second-order valence-electron chi connectivity index (χ2n) is 4.15. The molecule has 1 atom stereocenters. The highest BCUT2D eigenvalue weighted by atomic mass is 16.5. The van der Waals surface area contributed by atoms with Gasteiger partial charge in [-0.05, 0) is 42.3 Å². The van der Waals surface area contributed by atoms with Crippen molar-refractivity contribution in [2.75, 3.05) is 0 Å². The van der Waals surface area contributed by atoms with Gasteiger partial charge < -0.3 is 14.9 Å². The van der Waals surface area contributed by atoms with Crippen molar-refractivity contribution < 1.29 is 14.9 Å². The average Bonchev–Trinajstić information content (AvgIpc) is 2.40. The molecule has 0 aliphatic heterocycles. The van der Waals surface area contributed by atoms with Crippen LogP contribution in [0.4, 0.5) is 0 Å². The van der Waals surface area contributed by atoms with E-state index in [1.54, 1.807) is 6.92 Å². The van der Waals surface area contributed by atoms with E-state index >= 15 is 0 Å². The van der Waals surface area contributed by atoms with E-state index < -0.39 is 6.10 Å². The van der Waals surface area contributed by atoms with Crippen molar-refractivity contribution in [3.63, 3.8) is 0 Å². The quantitative estimate of drug-likeness (QED) is 0.869. The molecule has 0 unspecified atom stereocenters. The van der Waals surface area contributed by atoms with E-state index in [9.17, 15) is 5.11 Å². The Kier molecular flexibility index (Phi) is 3.97. The number of aliphatic hydroxyl groups excluding tert-OH is 2. The fraction of sp³-hybridized carbons (Fsp3) is 0.200. The summed E-state index contributed by atoms with van der Waals surface area (Å²) in [5.41, 5.74) is 1.71. The maximum absolute atomic E-state index is 9.40. The van der Waals surface area contributed by atoms with Crippen LogP contribution in [0.5, 0.6) is 11.5 Å². The fourth-order valence-corrected chi connectivity index (χ4v) is 1.61. The van der Waals surface area contributed by atoms with E-state index in [0.717, 1.165) is 22.6 Å². The second-order valence-corrected chi connectivity index (χ2v) is 4.15. The summed E-state index contributed by atoms with van der Waals surface area (Å²) in [4.78, 5) is 0. The molecule has 0 amide bonds. The first-order valence-electron chi connectivity index (χ1n) is 5.84. The van der Waals surface area contributed by atoms with Gasteiger partial charge in [0.15, 0.2) is 0 Å². The Hall–Kier alpha value is -1.84. The van der Waals surface area contributed by atoms with Crippen LogP contribution in [0.2, 0.25) is 0 Å². The summed E-state index contributed by atoms with van der Waals surface area (Å²) in [6, 6.07) is 14.6. The Morgan fingerprint density at radius 1 is 0.944 bits per heavy atom. The predicted molar refractivity (Wildman–Crippen MR) is 69.5 cm³/mol. The summed E-state index contributed by atoms with van der Waals surface area (Å²) in [7, 11) is 0. The average molecular weight is 244 g/mol. The van der Waals surface area contributed by atoms with Gasteiger partial charge in [0.25, 0.3) is 0 Å². The van der Waals surface area contributed by atoms with Gasteiger partial charge in [0.05, 0.1) is 12.7 Å². The molecule has 0 fully saturated rings. The normalized spacial score (nSPS) is 12.2. The lowest BCUT2D eigenvalue weighted by Gasteiger charge is -2.08. The Morgan fingerprint density at radius 2 is 1.44 bits per heavy atom. The first-order valence-corrected chi connectivity index (χ1v) is 5.84. The third-order valence-corrected chi connectivity index (χ3v) is 2.70. The molecule has 3 nitrogen and oxygen atoms in total. The summed E-state index contributed by atoms with van der Waals surface area (Å²) >= 11 is 0. The smallest absolute Gasteiger partial charge is 0.127 e. The third kappa shape index (κ3) is 3.09. The molecule has 2 aromatic rings. The Bertz CT molecular complexity index is 486. The van der Waals surface area contributed by atoms with Crippen molar-refractivity contribution >= 4 is 0 Å². The number of benzene rings is 2. The highest BCUT2D eigenvalue weighted by Crippen LogP contribution is 2.23. The summed E-state index contributed by atoms with van der Waals surface area (Å²) in [6.45, 7) is 1.76. The van der Waals surface area contributed by atoms with Gasteiger partial charge in [0, 0.05) is 0 Å². The maximum Gasteiger partial charge on any atom is 0.127 e. The zero-order valence-corrected chi connectivity index (χ0v) is 10.2. The van der Waals surface area contributed by atoms with Gasteiger partial charge in [-0.25, -0.2) is 0 Å². The highest BCUT2D eigenvalue weighted by Gasteiger charge is 2.01. The number of rotatable bonds is 4. The van der Waals surface area contributed by atoms with Crippen molar-refractivity contribution in [3.8, 4) is 11.5 Å². The van der Waals surface area contributed by atoms with Gasteiger partial charge in [-0.15, -0.1) is 0 Å². The highest BCUT2D eigenvalue weighted by molar-refractivity contribution is 5.34. The molecule has 0 spiro atoms. The fourth-order valence-electron chi connectivity index (χ4n) is 1.61. The van der Waals surface area contributed by atoms with Crippen LogP contribution in [-0.2, 0) is 6.61 Å². The van der Waals surface area contributed by atoms with Crippen LogP contribution < -0.4 is 4.74 Å². The van der Waals surface area contributed by atoms with E-state index in [1.165, 1.54) is 0 Å². The van der Waals surface area contributed by atoms with Crippen LogP contribution in [-0.4, -0.2) is 10.2 Å². The first-order chi connectivity index (χ1) is 8.69. The van der Waals surface area contributed by atoms with Crippen molar-refractivity contribution in [2.24, 2.45) is 0 Å². The number of ether oxygens (including phenoxy) is 1. The van der Waals surface area contributed by atoms with E-state index in [4.69, 9.17) is 9.84 Å². The first kappa shape index (κ1) is 12.6. The molecule has 0 aliphatic rings. The largest absolute Gasteiger partial charge is 0.457 e. The zero-order valence-electron chi connectivity index (χ0n) is 10.2. The van der Waals surface area contributed by atoms with Gasteiger partial charge >= 0.3 is 0 Å². The lowest BCUT2D eigenvalue weighted by atomic mass is 10.1. The van der Waals surface area contributed by atoms with Crippen molar-refractivity contribution in [3.05, 3.63) is 59.7 Å². The van der Waals surface area contributed by atoms with E-state index in [-0.39, 0.29) is 6.61 Å². The molecule has 94 valence electrons. The lowest BCUT2D eigenvalue weighted by molar-refractivity contribution is 0.199. The molecule has 0 aromatic heterocycles.